The van der Waals surface area contributed by atoms with E-state index < -0.39 is 10.0 Å². The number of carbonyl (C=O) groups excluding carboxylic acids is 1. The second-order valence-electron chi connectivity index (χ2n) is 6.42. The van der Waals surface area contributed by atoms with Crippen molar-refractivity contribution >= 4 is 15.9 Å². The Morgan fingerprint density at radius 1 is 1.43 bits per heavy atom. The van der Waals surface area contributed by atoms with Crippen molar-refractivity contribution in [2.24, 2.45) is 13.0 Å². The zero-order valence-electron chi connectivity index (χ0n) is 14.0. The Morgan fingerprint density at radius 2 is 2.17 bits per heavy atom. The van der Waals surface area contributed by atoms with Crippen molar-refractivity contribution in [1.82, 2.24) is 19.6 Å². The molecule has 0 unspecified atom stereocenters. The molecule has 0 spiro atoms. The fourth-order valence-electron chi connectivity index (χ4n) is 2.89. The number of rotatable bonds is 6. The first-order valence-corrected chi connectivity index (χ1v) is 9.55. The minimum Gasteiger partial charge on any atom is -0.353 e. The van der Waals surface area contributed by atoms with Crippen molar-refractivity contribution in [3.63, 3.8) is 0 Å². The van der Waals surface area contributed by atoms with Crippen molar-refractivity contribution in [3.05, 3.63) is 12.0 Å². The first-order chi connectivity index (χ1) is 10.8. The first-order valence-electron chi connectivity index (χ1n) is 8.07. The van der Waals surface area contributed by atoms with Crippen LogP contribution in [0.25, 0.3) is 0 Å². The van der Waals surface area contributed by atoms with E-state index >= 15 is 0 Å². The van der Waals surface area contributed by atoms with E-state index in [1.54, 1.807) is 18.5 Å². The van der Waals surface area contributed by atoms with Gasteiger partial charge in [0.15, 0.2) is 5.03 Å². The molecular weight excluding hydrogens is 316 g/mol. The van der Waals surface area contributed by atoms with Crippen LogP contribution < -0.4 is 10.0 Å². The average Bonchev–Trinajstić information content (AvgIpc) is 2.79. The topological polar surface area (TPSA) is 93.1 Å². The van der Waals surface area contributed by atoms with Gasteiger partial charge >= 0.3 is 0 Å². The molecule has 0 radical (unpaired) electrons. The predicted octanol–water partition coefficient (Wildman–Crippen LogP) is 1.09. The smallest absolute Gasteiger partial charge is 0.259 e. The summed E-state index contributed by atoms with van der Waals surface area (Å²) in [6.07, 6.45) is 5.96. The Hall–Kier alpha value is -1.41. The van der Waals surface area contributed by atoms with Crippen molar-refractivity contribution in [2.45, 2.75) is 57.0 Å². The van der Waals surface area contributed by atoms with E-state index in [1.165, 1.54) is 12.6 Å². The monoisotopic (exact) mass is 342 g/mol. The number of aryl methyl sites for hydroxylation is 2. The third kappa shape index (κ3) is 5.04. The minimum atomic E-state index is -3.66. The number of amides is 1. The summed E-state index contributed by atoms with van der Waals surface area (Å²) in [6.45, 7) is 4.00. The molecule has 1 aliphatic rings. The maximum atomic E-state index is 12.1. The Labute approximate surface area is 137 Å². The normalized spacial score (nSPS) is 22.0. The molecule has 1 aromatic heterocycles. The molecule has 2 N–H and O–H groups in total. The Bertz CT molecular complexity index is 634. The van der Waals surface area contributed by atoms with Crippen LogP contribution in [-0.4, -0.2) is 36.5 Å². The summed E-state index contributed by atoms with van der Waals surface area (Å²) < 4.78 is 28.3. The highest BCUT2D eigenvalue weighted by atomic mass is 32.2. The number of nitrogens with one attached hydrogen (secondary N) is 2. The molecule has 0 aliphatic heterocycles. The first kappa shape index (κ1) is 17.9. The van der Waals surface area contributed by atoms with E-state index in [0.29, 0.717) is 11.7 Å². The molecule has 2 atom stereocenters. The Balaban J connectivity index is 1.78. The van der Waals surface area contributed by atoms with Gasteiger partial charge in [0.1, 0.15) is 5.82 Å². The molecule has 0 aromatic carbocycles. The molecule has 1 aromatic rings. The number of nitrogens with zero attached hydrogens (tertiary/aromatic N) is 2. The van der Waals surface area contributed by atoms with E-state index in [9.17, 15) is 13.2 Å². The maximum Gasteiger partial charge on any atom is 0.259 e. The van der Waals surface area contributed by atoms with Gasteiger partial charge in [-0.2, -0.15) is 0 Å². The van der Waals surface area contributed by atoms with E-state index in [4.69, 9.17) is 0 Å². The highest BCUT2D eigenvalue weighted by molar-refractivity contribution is 7.89. The van der Waals surface area contributed by atoms with Crippen LogP contribution in [0.3, 0.4) is 0 Å². The summed E-state index contributed by atoms with van der Waals surface area (Å²) >= 11 is 0. The van der Waals surface area contributed by atoms with E-state index in [-0.39, 0.29) is 29.9 Å². The Kier molecular flexibility index (Phi) is 5.80. The third-order valence-electron chi connectivity index (χ3n) is 4.31. The van der Waals surface area contributed by atoms with E-state index in [1.807, 2.05) is 0 Å². The number of imidazole rings is 1. The largest absolute Gasteiger partial charge is 0.353 e. The molecule has 2 rings (SSSR count). The van der Waals surface area contributed by atoms with Crippen LogP contribution >= 0.6 is 0 Å². The lowest BCUT2D eigenvalue weighted by molar-refractivity contribution is -0.121. The number of sulfonamides is 1. The standard InChI is InChI=1S/C15H26N4O3S/c1-11-5-4-6-13(9-11)18-14(20)7-8-16-23(21,22)15-10-19(3)12(2)17-15/h10-11,13,16H,4-9H2,1-3H3,(H,18,20)/t11-,13-/m0/s1. The summed E-state index contributed by atoms with van der Waals surface area (Å²) in [4.78, 5) is 15.9. The third-order valence-corrected chi connectivity index (χ3v) is 5.64. The van der Waals surface area contributed by atoms with Gasteiger partial charge in [0.25, 0.3) is 10.0 Å². The van der Waals surface area contributed by atoms with Crippen LogP contribution in [0, 0.1) is 12.8 Å². The summed E-state index contributed by atoms with van der Waals surface area (Å²) in [7, 11) is -1.93. The molecule has 1 saturated carbocycles. The SMILES string of the molecule is Cc1nc(S(=O)(=O)NCCC(=O)N[C@H]2CCC[C@H](C)C2)cn1C. The lowest BCUT2D eigenvalue weighted by atomic mass is 9.87. The average molecular weight is 342 g/mol. The van der Waals surface area contributed by atoms with Crippen LogP contribution in [0.5, 0.6) is 0 Å². The quantitative estimate of drug-likeness (QED) is 0.809. The molecule has 1 heterocycles. The summed E-state index contributed by atoms with van der Waals surface area (Å²) in [5.74, 6) is 1.15. The van der Waals surface area contributed by atoms with Crippen LogP contribution in [0.4, 0.5) is 0 Å². The fraction of sp³-hybridized carbons (Fsp3) is 0.733. The molecule has 0 bridgehead atoms. The number of carbonyl (C=O) groups is 1. The highest BCUT2D eigenvalue weighted by Gasteiger charge is 2.21. The summed E-state index contributed by atoms with van der Waals surface area (Å²) in [5, 5.41) is 2.98. The summed E-state index contributed by atoms with van der Waals surface area (Å²) in [6, 6.07) is 0.223. The summed E-state index contributed by atoms with van der Waals surface area (Å²) in [5.41, 5.74) is 0. The molecule has 7 nitrogen and oxygen atoms in total. The number of aromatic nitrogens is 2. The molecule has 1 fully saturated rings. The van der Waals surface area contributed by atoms with Gasteiger partial charge in [0.05, 0.1) is 0 Å². The molecule has 130 valence electrons. The van der Waals surface area contributed by atoms with E-state index in [0.717, 1.165) is 19.3 Å². The van der Waals surface area contributed by atoms with Crippen LogP contribution in [-0.2, 0) is 21.9 Å². The predicted molar refractivity (Wildman–Crippen MR) is 87.3 cm³/mol. The van der Waals surface area contributed by atoms with Gasteiger partial charge in [-0.3, -0.25) is 4.79 Å². The van der Waals surface area contributed by atoms with Crippen LogP contribution in [0.15, 0.2) is 11.2 Å². The molecule has 1 amide bonds. The molecular formula is C15H26N4O3S. The lowest BCUT2D eigenvalue weighted by Crippen LogP contribution is -2.39. The highest BCUT2D eigenvalue weighted by Crippen LogP contribution is 2.23. The minimum absolute atomic E-state index is 0.0148. The van der Waals surface area contributed by atoms with Crippen molar-refractivity contribution in [1.29, 1.82) is 0 Å². The number of hydrogen-bond acceptors (Lipinski definition) is 4. The van der Waals surface area contributed by atoms with E-state index in [2.05, 4.69) is 21.9 Å². The van der Waals surface area contributed by atoms with Crippen molar-refractivity contribution < 1.29 is 13.2 Å². The maximum absolute atomic E-state index is 12.1. The second-order valence-corrected chi connectivity index (χ2v) is 8.14. The molecule has 8 heteroatoms. The van der Waals surface area contributed by atoms with Gasteiger partial charge in [0, 0.05) is 32.3 Å². The van der Waals surface area contributed by atoms with Crippen molar-refractivity contribution in [2.75, 3.05) is 6.54 Å². The van der Waals surface area contributed by atoms with Gasteiger partial charge in [-0.15, -0.1) is 0 Å². The second kappa shape index (κ2) is 7.44. The molecule has 0 saturated heterocycles. The van der Waals surface area contributed by atoms with Gasteiger partial charge in [-0.25, -0.2) is 18.1 Å². The van der Waals surface area contributed by atoms with Crippen molar-refractivity contribution in [3.8, 4) is 0 Å². The van der Waals surface area contributed by atoms with Crippen LogP contribution in [0.1, 0.15) is 44.9 Å². The van der Waals surface area contributed by atoms with Crippen LogP contribution in [0.2, 0.25) is 0 Å². The molecule has 23 heavy (non-hydrogen) atoms. The lowest BCUT2D eigenvalue weighted by Gasteiger charge is -2.27. The van der Waals surface area contributed by atoms with Gasteiger partial charge in [0.2, 0.25) is 5.91 Å². The zero-order chi connectivity index (χ0) is 17.0. The van der Waals surface area contributed by atoms with Gasteiger partial charge < -0.3 is 9.88 Å². The molecule has 1 aliphatic carbocycles. The zero-order valence-corrected chi connectivity index (χ0v) is 14.8. The van der Waals surface area contributed by atoms with Gasteiger partial charge in [-0.1, -0.05) is 19.8 Å². The van der Waals surface area contributed by atoms with Gasteiger partial charge in [-0.05, 0) is 25.7 Å². The number of hydrogen-bond donors (Lipinski definition) is 2. The Morgan fingerprint density at radius 3 is 2.78 bits per heavy atom. The fourth-order valence-corrected chi connectivity index (χ4v) is 3.96.